The Bertz CT molecular complexity index is 792. The van der Waals surface area contributed by atoms with Gasteiger partial charge in [-0.1, -0.05) is 0 Å². The summed E-state index contributed by atoms with van der Waals surface area (Å²) in [4.78, 5) is 13.3. The zero-order valence-electron chi connectivity index (χ0n) is 18.0. The Labute approximate surface area is 190 Å². The van der Waals surface area contributed by atoms with Crippen LogP contribution in [0.25, 0.3) is 0 Å². The number of nitrogens with zero attached hydrogens (tertiary/aromatic N) is 1. The summed E-state index contributed by atoms with van der Waals surface area (Å²) in [6.07, 6.45) is 3.05. The van der Waals surface area contributed by atoms with E-state index in [1.165, 1.54) is 5.56 Å². The van der Waals surface area contributed by atoms with Crippen molar-refractivity contribution in [2.45, 2.75) is 51.2 Å². The molecule has 0 spiro atoms. The van der Waals surface area contributed by atoms with E-state index in [1.54, 1.807) is 7.11 Å². The van der Waals surface area contributed by atoms with Gasteiger partial charge in [0.15, 0.2) is 11.5 Å². The second kappa shape index (κ2) is 8.23. The van der Waals surface area contributed by atoms with Crippen LogP contribution in [0.2, 0.25) is 0 Å². The number of ketones is 1. The zero-order valence-corrected chi connectivity index (χ0v) is 20.2. The molecule has 0 saturated carbocycles. The average Bonchev–Trinajstić information content (AvgIpc) is 3.09. The number of fused-ring (bicyclic) bond motifs is 2. The Kier molecular flexibility index (Phi) is 6.42. The lowest BCUT2D eigenvalue weighted by Crippen LogP contribution is -3.00. The average molecular weight is 517 g/mol. The van der Waals surface area contributed by atoms with Gasteiger partial charge in [0.1, 0.15) is 11.8 Å². The molecule has 1 aromatic rings. The summed E-state index contributed by atoms with van der Waals surface area (Å²) in [5.74, 6) is 2.56. The number of ether oxygens (including phenoxy) is 4. The molecule has 1 fully saturated rings. The number of Topliss-reactive ketones (excluding diaryl/α,β-unsaturated/α-hetero) is 1. The highest BCUT2D eigenvalue weighted by Crippen LogP contribution is 2.51. The molecule has 4 rings (SSSR count). The standard InChI is InChI=1S/C22H32NO5.HI/c1-22(2)12-15(7-9-28-22)17(24)11-16-19-14(6-8-23(16,3)4)10-18-20(21(19)25-5)27-13-26-18;/h10,15-16H,6-9,11-13H2,1-5H3;1H/q+1;/p-1. The van der Waals surface area contributed by atoms with Gasteiger partial charge in [0.05, 0.1) is 45.3 Å². The number of methoxy groups -OCH3 is 1. The van der Waals surface area contributed by atoms with Gasteiger partial charge in [0, 0.05) is 18.9 Å². The third kappa shape index (κ3) is 4.23. The van der Waals surface area contributed by atoms with Gasteiger partial charge in [-0.15, -0.1) is 0 Å². The molecule has 0 aliphatic carbocycles. The van der Waals surface area contributed by atoms with Crippen molar-refractivity contribution < 1.29 is 52.2 Å². The zero-order chi connectivity index (χ0) is 20.1. The van der Waals surface area contributed by atoms with Crippen molar-refractivity contribution in [2.75, 3.05) is 41.1 Å². The van der Waals surface area contributed by atoms with E-state index < -0.39 is 0 Å². The molecule has 2 unspecified atom stereocenters. The molecule has 0 aromatic heterocycles. The lowest BCUT2D eigenvalue weighted by Gasteiger charge is -2.44. The smallest absolute Gasteiger partial charge is 0.231 e. The molecule has 0 bridgehead atoms. The molecular weight excluding hydrogens is 485 g/mol. The fraction of sp³-hybridized carbons (Fsp3) is 0.682. The van der Waals surface area contributed by atoms with E-state index in [0.29, 0.717) is 24.6 Å². The van der Waals surface area contributed by atoms with Crippen LogP contribution in [0.1, 0.15) is 50.3 Å². The van der Waals surface area contributed by atoms with E-state index >= 15 is 0 Å². The molecular formula is C22H32INO5. The molecule has 162 valence electrons. The third-order valence-corrected chi connectivity index (χ3v) is 6.63. The Morgan fingerprint density at radius 3 is 2.76 bits per heavy atom. The second-order valence-electron chi connectivity index (χ2n) is 9.45. The minimum atomic E-state index is -0.225. The number of halogens is 1. The van der Waals surface area contributed by atoms with Gasteiger partial charge < -0.3 is 47.4 Å². The van der Waals surface area contributed by atoms with Crippen LogP contribution < -0.4 is 38.2 Å². The number of carbonyl (C=O) groups is 1. The molecule has 7 heteroatoms. The monoisotopic (exact) mass is 517 g/mol. The predicted octanol–water partition coefficient (Wildman–Crippen LogP) is 0.266. The fourth-order valence-electron chi connectivity index (χ4n) is 4.98. The molecule has 3 aliphatic rings. The maximum Gasteiger partial charge on any atom is 0.231 e. The van der Waals surface area contributed by atoms with E-state index in [-0.39, 0.29) is 48.3 Å². The first-order chi connectivity index (χ1) is 13.2. The Hall–Kier alpha value is -1.06. The van der Waals surface area contributed by atoms with Crippen LogP contribution >= 0.6 is 0 Å². The highest BCUT2D eigenvalue weighted by Gasteiger charge is 2.44. The summed E-state index contributed by atoms with van der Waals surface area (Å²) < 4.78 is 23.7. The number of hydrogen-bond acceptors (Lipinski definition) is 5. The van der Waals surface area contributed by atoms with Crippen LogP contribution in [0.3, 0.4) is 0 Å². The van der Waals surface area contributed by atoms with E-state index in [2.05, 4.69) is 34.0 Å². The fourth-order valence-corrected chi connectivity index (χ4v) is 4.98. The van der Waals surface area contributed by atoms with E-state index in [4.69, 9.17) is 18.9 Å². The van der Waals surface area contributed by atoms with Crippen LogP contribution in [0, 0.1) is 5.92 Å². The molecule has 3 heterocycles. The number of quaternary nitrogens is 1. The first-order valence-electron chi connectivity index (χ1n) is 10.2. The van der Waals surface area contributed by atoms with Gasteiger partial charge in [0.2, 0.25) is 12.5 Å². The van der Waals surface area contributed by atoms with Crippen LogP contribution in [-0.2, 0) is 16.0 Å². The molecule has 2 atom stereocenters. The van der Waals surface area contributed by atoms with Gasteiger partial charge in [-0.3, -0.25) is 4.79 Å². The lowest BCUT2D eigenvalue weighted by atomic mass is 9.80. The van der Waals surface area contributed by atoms with Gasteiger partial charge in [-0.25, -0.2) is 0 Å². The largest absolute Gasteiger partial charge is 1.00 e. The van der Waals surface area contributed by atoms with Crippen LogP contribution in [0.5, 0.6) is 17.2 Å². The van der Waals surface area contributed by atoms with E-state index in [9.17, 15) is 4.79 Å². The molecule has 3 aliphatic heterocycles. The van der Waals surface area contributed by atoms with Crippen molar-refractivity contribution in [1.29, 1.82) is 0 Å². The number of likely N-dealkylation sites (N-methyl/N-ethyl adjacent to an activating group) is 1. The van der Waals surface area contributed by atoms with Crippen molar-refractivity contribution >= 4 is 5.78 Å². The van der Waals surface area contributed by atoms with Crippen LogP contribution in [0.4, 0.5) is 0 Å². The summed E-state index contributed by atoms with van der Waals surface area (Å²) in [5.41, 5.74) is 2.10. The summed E-state index contributed by atoms with van der Waals surface area (Å²) in [6.45, 7) is 6.00. The lowest BCUT2D eigenvalue weighted by molar-refractivity contribution is -0.922. The van der Waals surface area contributed by atoms with Gasteiger partial charge in [-0.05, 0) is 38.3 Å². The Morgan fingerprint density at radius 1 is 1.31 bits per heavy atom. The first kappa shape index (κ1) is 22.6. The highest BCUT2D eigenvalue weighted by molar-refractivity contribution is 5.82. The van der Waals surface area contributed by atoms with E-state index in [1.807, 2.05) is 0 Å². The number of benzene rings is 1. The van der Waals surface area contributed by atoms with E-state index in [0.717, 1.165) is 47.4 Å². The summed E-state index contributed by atoms with van der Waals surface area (Å²) in [6, 6.07) is 2.13. The molecule has 1 saturated heterocycles. The SMILES string of the molecule is COc1c2c(cc3c1C(CC(=O)C1CCOC(C)(C)C1)[N+](C)(C)CC3)OCO2.[I-]. The Balaban J connectivity index is 0.00000240. The molecule has 0 radical (unpaired) electrons. The Morgan fingerprint density at radius 2 is 2.07 bits per heavy atom. The van der Waals surface area contributed by atoms with Crippen LogP contribution in [-0.4, -0.2) is 57.0 Å². The summed E-state index contributed by atoms with van der Waals surface area (Å²) in [7, 11) is 6.09. The van der Waals surface area contributed by atoms with Gasteiger partial charge in [0.25, 0.3) is 0 Å². The minimum absolute atomic E-state index is 0. The third-order valence-electron chi connectivity index (χ3n) is 6.63. The number of rotatable bonds is 4. The summed E-state index contributed by atoms with van der Waals surface area (Å²) >= 11 is 0. The van der Waals surface area contributed by atoms with Gasteiger partial charge in [-0.2, -0.15) is 0 Å². The summed E-state index contributed by atoms with van der Waals surface area (Å²) in [5, 5.41) is 0. The van der Waals surface area contributed by atoms with Gasteiger partial charge >= 0.3 is 0 Å². The van der Waals surface area contributed by atoms with Crippen molar-refractivity contribution in [1.82, 2.24) is 0 Å². The molecule has 6 nitrogen and oxygen atoms in total. The topological polar surface area (TPSA) is 54.0 Å². The van der Waals surface area contributed by atoms with Crippen LogP contribution in [0.15, 0.2) is 6.07 Å². The maximum absolute atomic E-state index is 13.3. The first-order valence-corrected chi connectivity index (χ1v) is 10.2. The molecule has 0 amide bonds. The highest BCUT2D eigenvalue weighted by atomic mass is 127. The molecule has 1 aromatic carbocycles. The quantitative estimate of drug-likeness (QED) is 0.424. The minimum Gasteiger partial charge on any atom is -1.00 e. The van der Waals surface area contributed by atoms with Crippen molar-refractivity contribution in [2.24, 2.45) is 5.92 Å². The maximum atomic E-state index is 13.3. The molecule has 29 heavy (non-hydrogen) atoms. The second-order valence-corrected chi connectivity index (χ2v) is 9.45. The molecule has 0 N–H and O–H groups in total. The van der Waals surface area contributed by atoms with Crippen molar-refractivity contribution in [3.63, 3.8) is 0 Å². The van der Waals surface area contributed by atoms with Crippen molar-refractivity contribution in [3.05, 3.63) is 17.2 Å². The number of carbonyl (C=O) groups excluding carboxylic acids is 1. The van der Waals surface area contributed by atoms with Crippen molar-refractivity contribution in [3.8, 4) is 17.2 Å². The number of hydrogen-bond donors (Lipinski definition) is 0. The normalized spacial score (nSPS) is 26.2. The predicted molar refractivity (Wildman–Crippen MR) is 105 cm³/mol.